The number of halogens is 2. The maximum atomic E-state index is 13.4. The SMILES string of the molecule is O=C1C(C2CC=CN2c2ccc(C(=O)O)cc2)=CC=C/C1=C\c1ccc(-c2cc(Cl)ccc2Cl)o1. The maximum Gasteiger partial charge on any atom is 0.335 e. The topological polar surface area (TPSA) is 70.8 Å². The van der Waals surface area contributed by atoms with Gasteiger partial charge in [-0.15, -0.1) is 0 Å². The molecule has 7 heteroatoms. The summed E-state index contributed by atoms with van der Waals surface area (Å²) in [5.74, 6) is 0.0141. The fraction of sp³-hybridized carbons (Fsp3) is 0.0714. The van der Waals surface area contributed by atoms with E-state index in [9.17, 15) is 9.59 Å². The number of hydrogen-bond donors (Lipinski definition) is 1. The van der Waals surface area contributed by atoms with Crippen LogP contribution >= 0.6 is 23.2 Å². The number of benzene rings is 2. The van der Waals surface area contributed by atoms with Gasteiger partial charge in [0.05, 0.1) is 16.6 Å². The number of furan rings is 1. The highest BCUT2D eigenvalue weighted by Crippen LogP contribution is 2.34. The molecule has 1 aliphatic carbocycles. The molecule has 2 aromatic carbocycles. The Kier molecular flexibility index (Phi) is 6.20. The molecule has 1 unspecified atom stereocenters. The molecule has 2 heterocycles. The number of carboxylic acid groups (broad SMARTS) is 1. The lowest BCUT2D eigenvalue weighted by molar-refractivity contribution is -0.112. The summed E-state index contributed by atoms with van der Waals surface area (Å²) in [6.07, 6.45) is 11.7. The number of ketones is 1. The number of hydrogen-bond acceptors (Lipinski definition) is 4. The summed E-state index contributed by atoms with van der Waals surface area (Å²) in [7, 11) is 0. The molecule has 1 atom stereocenters. The molecule has 174 valence electrons. The summed E-state index contributed by atoms with van der Waals surface area (Å²) in [6.45, 7) is 0. The summed E-state index contributed by atoms with van der Waals surface area (Å²) in [5, 5.41) is 10.2. The molecular formula is C28H19Cl2NO4. The van der Waals surface area contributed by atoms with Crippen LogP contribution in [0, 0.1) is 0 Å². The zero-order chi connectivity index (χ0) is 24.5. The fourth-order valence-electron chi connectivity index (χ4n) is 4.20. The van der Waals surface area contributed by atoms with Gasteiger partial charge in [0.2, 0.25) is 0 Å². The first-order valence-electron chi connectivity index (χ1n) is 10.9. The van der Waals surface area contributed by atoms with E-state index in [2.05, 4.69) is 0 Å². The van der Waals surface area contributed by atoms with Crippen LogP contribution in [0.2, 0.25) is 10.0 Å². The Morgan fingerprint density at radius 2 is 1.89 bits per heavy atom. The van der Waals surface area contributed by atoms with Crippen molar-refractivity contribution in [3.8, 4) is 11.3 Å². The standard InChI is InChI=1S/C28H19Cl2NO4/c29-19-8-12-24(30)23(16-19)26-13-11-21(35-26)15-18-3-1-4-22(27(18)32)25-5-2-14-31(25)20-9-6-17(7-10-20)28(33)34/h1-4,6-16,25H,5H2,(H,33,34)/b18-15+. The van der Waals surface area contributed by atoms with Crippen LogP contribution in [-0.2, 0) is 4.79 Å². The molecule has 0 saturated heterocycles. The Morgan fingerprint density at radius 3 is 2.66 bits per heavy atom. The summed E-state index contributed by atoms with van der Waals surface area (Å²) in [6, 6.07) is 15.2. The third-order valence-electron chi connectivity index (χ3n) is 5.93. The normalized spacial score (nSPS) is 18.4. The molecule has 0 bridgehead atoms. The Morgan fingerprint density at radius 1 is 1.09 bits per heavy atom. The van der Waals surface area contributed by atoms with E-state index in [1.54, 1.807) is 66.7 Å². The Hall–Kier alpha value is -3.80. The summed E-state index contributed by atoms with van der Waals surface area (Å²) >= 11 is 12.4. The molecule has 0 saturated carbocycles. The lowest BCUT2D eigenvalue weighted by Crippen LogP contribution is -2.32. The largest absolute Gasteiger partial charge is 0.478 e. The molecule has 1 aliphatic heterocycles. The van der Waals surface area contributed by atoms with Gasteiger partial charge < -0.3 is 14.4 Å². The van der Waals surface area contributed by atoms with E-state index in [0.29, 0.717) is 44.7 Å². The van der Waals surface area contributed by atoms with Crippen LogP contribution in [0.1, 0.15) is 22.5 Å². The minimum absolute atomic E-state index is 0.0907. The lowest BCUT2D eigenvalue weighted by Gasteiger charge is -2.28. The average Bonchev–Trinajstić information content (AvgIpc) is 3.52. The van der Waals surface area contributed by atoms with Crippen molar-refractivity contribution in [2.75, 3.05) is 4.90 Å². The van der Waals surface area contributed by atoms with E-state index >= 15 is 0 Å². The number of carboxylic acids is 1. The predicted molar refractivity (Wildman–Crippen MR) is 138 cm³/mol. The smallest absolute Gasteiger partial charge is 0.335 e. The average molecular weight is 504 g/mol. The van der Waals surface area contributed by atoms with E-state index < -0.39 is 5.97 Å². The predicted octanol–water partition coefficient (Wildman–Crippen LogP) is 7.19. The van der Waals surface area contributed by atoms with Crippen LogP contribution in [0.25, 0.3) is 17.4 Å². The molecule has 2 aliphatic rings. The zero-order valence-electron chi connectivity index (χ0n) is 18.3. The Balaban J connectivity index is 1.38. The number of nitrogens with zero attached hydrogens (tertiary/aromatic N) is 1. The molecular weight excluding hydrogens is 485 g/mol. The number of Topliss-reactive ketones (excluding diaryl/α,β-unsaturated/α-hetero) is 1. The second-order valence-electron chi connectivity index (χ2n) is 8.13. The second kappa shape index (κ2) is 9.45. The van der Waals surface area contributed by atoms with Gasteiger partial charge in [-0.05, 0) is 67.1 Å². The van der Waals surface area contributed by atoms with E-state index in [1.165, 1.54) is 0 Å². The van der Waals surface area contributed by atoms with Crippen LogP contribution in [0.3, 0.4) is 0 Å². The molecule has 1 aromatic heterocycles. The summed E-state index contributed by atoms with van der Waals surface area (Å²) < 4.78 is 5.94. The van der Waals surface area contributed by atoms with Crippen LogP contribution < -0.4 is 4.90 Å². The molecule has 3 aromatic rings. The number of aromatic carboxylic acids is 1. The van der Waals surface area contributed by atoms with Gasteiger partial charge in [0.1, 0.15) is 11.5 Å². The third kappa shape index (κ3) is 4.61. The number of carbonyl (C=O) groups is 2. The van der Waals surface area contributed by atoms with Crippen LogP contribution in [0.4, 0.5) is 5.69 Å². The van der Waals surface area contributed by atoms with E-state index in [4.69, 9.17) is 32.7 Å². The number of carbonyl (C=O) groups excluding carboxylic acids is 1. The molecule has 0 spiro atoms. The summed E-state index contributed by atoms with van der Waals surface area (Å²) in [5.41, 5.74) is 2.86. The van der Waals surface area contributed by atoms with Crippen molar-refractivity contribution in [3.05, 3.63) is 118 Å². The van der Waals surface area contributed by atoms with E-state index in [0.717, 1.165) is 5.69 Å². The van der Waals surface area contributed by atoms with Crippen molar-refractivity contribution < 1.29 is 19.1 Å². The Bertz CT molecular complexity index is 1440. The van der Waals surface area contributed by atoms with Gasteiger partial charge in [0.25, 0.3) is 0 Å². The first kappa shape index (κ1) is 23.0. The highest BCUT2D eigenvalue weighted by atomic mass is 35.5. The highest BCUT2D eigenvalue weighted by molar-refractivity contribution is 6.35. The van der Waals surface area contributed by atoms with Crippen LogP contribution in [0.15, 0.2) is 101 Å². The molecule has 0 amide bonds. The minimum Gasteiger partial charge on any atom is -0.478 e. The van der Waals surface area contributed by atoms with Gasteiger partial charge in [0, 0.05) is 33.6 Å². The monoisotopic (exact) mass is 503 g/mol. The van der Waals surface area contributed by atoms with Crippen LogP contribution in [0.5, 0.6) is 0 Å². The Labute approximate surface area is 211 Å². The molecule has 5 nitrogen and oxygen atoms in total. The first-order valence-corrected chi connectivity index (χ1v) is 11.6. The number of anilines is 1. The van der Waals surface area contributed by atoms with Gasteiger partial charge in [-0.1, -0.05) is 47.5 Å². The molecule has 0 fully saturated rings. The van der Waals surface area contributed by atoms with Crippen molar-refractivity contribution in [1.29, 1.82) is 0 Å². The van der Waals surface area contributed by atoms with E-state index in [-0.39, 0.29) is 17.4 Å². The number of allylic oxidation sites excluding steroid dienone is 4. The highest BCUT2D eigenvalue weighted by Gasteiger charge is 2.30. The molecule has 1 N–H and O–H groups in total. The lowest BCUT2D eigenvalue weighted by atomic mass is 9.90. The van der Waals surface area contributed by atoms with Crippen molar-refractivity contribution in [3.63, 3.8) is 0 Å². The van der Waals surface area contributed by atoms with Crippen molar-refractivity contribution in [1.82, 2.24) is 0 Å². The van der Waals surface area contributed by atoms with Crippen molar-refractivity contribution >= 4 is 46.7 Å². The molecule has 0 radical (unpaired) electrons. The summed E-state index contributed by atoms with van der Waals surface area (Å²) in [4.78, 5) is 26.6. The van der Waals surface area contributed by atoms with Crippen molar-refractivity contribution in [2.45, 2.75) is 12.5 Å². The quantitative estimate of drug-likeness (QED) is 0.373. The zero-order valence-corrected chi connectivity index (χ0v) is 19.8. The van der Waals surface area contributed by atoms with E-state index in [1.807, 2.05) is 29.3 Å². The minimum atomic E-state index is -0.978. The third-order valence-corrected chi connectivity index (χ3v) is 6.49. The molecule has 35 heavy (non-hydrogen) atoms. The van der Waals surface area contributed by atoms with Gasteiger partial charge in [0.15, 0.2) is 5.78 Å². The first-order chi connectivity index (χ1) is 16.9. The van der Waals surface area contributed by atoms with Gasteiger partial charge in [-0.25, -0.2) is 4.79 Å². The fourth-order valence-corrected chi connectivity index (χ4v) is 4.59. The van der Waals surface area contributed by atoms with Crippen molar-refractivity contribution in [2.24, 2.45) is 0 Å². The maximum absolute atomic E-state index is 13.4. The van der Waals surface area contributed by atoms with Gasteiger partial charge >= 0.3 is 5.97 Å². The second-order valence-corrected chi connectivity index (χ2v) is 8.98. The number of rotatable bonds is 5. The molecule has 5 rings (SSSR count). The van der Waals surface area contributed by atoms with Crippen LogP contribution in [-0.4, -0.2) is 22.9 Å². The van der Waals surface area contributed by atoms with Gasteiger partial charge in [-0.2, -0.15) is 0 Å². The van der Waals surface area contributed by atoms with Gasteiger partial charge in [-0.3, -0.25) is 4.79 Å².